The lowest BCUT2D eigenvalue weighted by molar-refractivity contribution is 0.0815. The summed E-state index contributed by atoms with van der Waals surface area (Å²) in [5.41, 5.74) is 10.6. The number of fused-ring (bicyclic) bond motifs is 2. The van der Waals surface area contributed by atoms with Crippen LogP contribution in [0.3, 0.4) is 0 Å². The lowest BCUT2D eigenvalue weighted by Gasteiger charge is -2.41. The van der Waals surface area contributed by atoms with Crippen LogP contribution in [-0.2, 0) is 0 Å². The van der Waals surface area contributed by atoms with E-state index in [1.165, 1.54) is 6.33 Å². The van der Waals surface area contributed by atoms with Gasteiger partial charge in [-0.3, -0.25) is 9.69 Å². The summed E-state index contributed by atoms with van der Waals surface area (Å²) in [7, 11) is 3.79. The van der Waals surface area contributed by atoms with Gasteiger partial charge in [0.2, 0.25) is 0 Å². The van der Waals surface area contributed by atoms with Crippen molar-refractivity contribution in [2.75, 3.05) is 51.4 Å². The van der Waals surface area contributed by atoms with E-state index in [1.807, 2.05) is 48.5 Å². The Morgan fingerprint density at radius 2 is 1.77 bits per heavy atom. The first-order valence-corrected chi connectivity index (χ1v) is 15.0. The minimum absolute atomic E-state index is 0.242. The molecule has 1 aliphatic carbocycles. The summed E-state index contributed by atoms with van der Waals surface area (Å²) in [4.78, 5) is 30.3. The highest BCUT2D eigenvalue weighted by atomic mass is 16.5. The minimum atomic E-state index is -0.248. The third-order valence-corrected chi connectivity index (χ3v) is 9.08. The van der Waals surface area contributed by atoms with Gasteiger partial charge in [-0.2, -0.15) is 5.10 Å². The smallest absolute Gasteiger partial charge is 0.272 e. The van der Waals surface area contributed by atoms with Crippen molar-refractivity contribution in [1.82, 2.24) is 34.5 Å². The summed E-state index contributed by atoms with van der Waals surface area (Å²) in [5.74, 6) is 0.669. The van der Waals surface area contributed by atoms with Gasteiger partial charge >= 0.3 is 0 Å². The molecular weight excluding hydrogens is 542 g/mol. The largest absolute Gasteiger partial charge is 0.495 e. The van der Waals surface area contributed by atoms with Crippen LogP contribution in [0, 0.1) is 0 Å². The molecule has 222 valence electrons. The second kappa shape index (κ2) is 11.3. The number of nitrogens with one attached hydrogen (secondary N) is 2. The summed E-state index contributed by atoms with van der Waals surface area (Å²) in [5, 5.41) is 9.79. The zero-order valence-corrected chi connectivity index (χ0v) is 24.6. The van der Waals surface area contributed by atoms with Crippen molar-refractivity contribution in [3.05, 3.63) is 60.6 Å². The Morgan fingerprint density at radius 3 is 2.53 bits per heavy atom. The summed E-state index contributed by atoms with van der Waals surface area (Å²) in [6, 6.07) is 16.1. The van der Waals surface area contributed by atoms with Crippen LogP contribution < -0.4 is 15.8 Å². The van der Waals surface area contributed by atoms with Gasteiger partial charge in [-0.25, -0.2) is 14.6 Å². The highest BCUT2D eigenvalue weighted by molar-refractivity contribution is 6.07. The zero-order chi connectivity index (χ0) is 29.5. The molecule has 0 spiro atoms. The first-order valence-electron chi connectivity index (χ1n) is 15.0. The molecule has 0 radical (unpaired) electrons. The number of ether oxygens (including phenoxy) is 1. The van der Waals surface area contributed by atoms with Gasteiger partial charge in [0.1, 0.15) is 29.3 Å². The Morgan fingerprint density at radius 1 is 1.00 bits per heavy atom. The fourth-order valence-electron chi connectivity index (χ4n) is 6.63. The van der Waals surface area contributed by atoms with Gasteiger partial charge in [0, 0.05) is 48.7 Å². The topological polar surface area (TPSA) is 130 Å². The molecule has 4 heterocycles. The Labute approximate surface area is 250 Å². The van der Waals surface area contributed by atoms with E-state index in [9.17, 15) is 4.79 Å². The molecule has 2 aliphatic rings. The number of H-pyrrole nitrogens is 1. The van der Waals surface area contributed by atoms with Crippen molar-refractivity contribution in [3.8, 4) is 17.0 Å². The first-order chi connectivity index (χ1) is 21.0. The van der Waals surface area contributed by atoms with Gasteiger partial charge in [-0.05, 0) is 57.0 Å². The predicted octanol–water partition coefficient (Wildman–Crippen LogP) is 4.55. The number of rotatable bonds is 6. The molecule has 1 saturated carbocycles. The van der Waals surface area contributed by atoms with Gasteiger partial charge in [0.15, 0.2) is 5.65 Å². The minimum Gasteiger partial charge on any atom is -0.495 e. The van der Waals surface area contributed by atoms with Gasteiger partial charge in [-0.1, -0.05) is 24.3 Å². The van der Waals surface area contributed by atoms with E-state index in [0.29, 0.717) is 34.7 Å². The monoisotopic (exact) mass is 579 g/mol. The van der Waals surface area contributed by atoms with Crippen LogP contribution in [0.1, 0.15) is 42.2 Å². The molecule has 4 N–H and O–H groups in total. The van der Waals surface area contributed by atoms with Crippen molar-refractivity contribution in [2.45, 2.75) is 37.8 Å². The number of nitrogens with two attached hydrogens (primary N) is 1. The van der Waals surface area contributed by atoms with Crippen LogP contribution >= 0.6 is 0 Å². The van der Waals surface area contributed by atoms with Gasteiger partial charge < -0.3 is 25.7 Å². The summed E-state index contributed by atoms with van der Waals surface area (Å²) >= 11 is 0. The van der Waals surface area contributed by atoms with Crippen LogP contribution in [0.4, 0.5) is 11.5 Å². The van der Waals surface area contributed by atoms with E-state index >= 15 is 0 Å². The molecule has 1 saturated heterocycles. The average Bonchev–Trinajstić information content (AvgIpc) is 3.65. The lowest BCUT2D eigenvalue weighted by Crippen LogP contribution is -2.49. The Hall–Kier alpha value is -4.48. The molecule has 1 aliphatic heterocycles. The van der Waals surface area contributed by atoms with Gasteiger partial charge in [-0.15, -0.1) is 0 Å². The summed E-state index contributed by atoms with van der Waals surface area (Å²) in [6.07, 6.45) is 5.88. The lowest BCUT2D eigenvalue weighted by atomic mass is 9.90. The molecule has 1 amide bonds. The number of hydrogen-bond donors (Lipinski definition) is 3. The van der Waals surface area contributed by atoms with Crippen LogP contribution in [0.2, 0.25) is 0 Å². The highest BCUT2D eigenvalue weighted by Gasteiger charge is 2.31. The number of nitrogens with zero attached hydrogens (tertiary/aromatic N) is 6. The number of likely N-dealkylation sites (N-methyl/N-ethyl adjacent to an activating group) is 1. The molecule has 7 rings (SSSR count). The molecule has 0 atom stereocenters. The number of anilines is 2. The van der Waals surface area contributed by atoms with Gasteiger partial charge in [0.05, 0.1) is 24.2 Å². The van der Waals surface area contributed by atoms with Crippen molar-refractivity contribution in [2.24, 2.45) is 0 Å². The third-order valence-electron chi connectivity index (χ3n) is 9.08. The van der Waals surface area contributed by atoms with Crippen molar-refractivity contribution in [1.29, 1.82) is 0 Å². The number of hydrogen-bond acceptors (Lipinski definition) is 8. The number of nitrogen functional groups attached to an aromatic ring is 1. The maximum Gasteiger partial charge on any atom is 0.272 e. The molecule has 0 bridgehead atoms. The highest BCUT2D eigenvalue weighted by Crippen LogP contribution is 2.39. The van der Waals surface area contributed by atoms with Crippen LogP contribution in [0.25, 0.3) is 33.2 Å². The van der Waals surface area contributed by atoms with Crippen molar-refractivity contribution < 1.29 is 9.53 Å². The Kier molecular flexibility index (Phi) is 7.20. The number of methoxy groups -OCH3 is 1. The Balaban J connectivity index is 1.15. The average molecular weight is 580 g/mol. The molecule has 43 heavy (non-hydrogen) atoms. The van der Waals surface area contributed by atoms with E-state index in [0.717, 1.165) is 79.4 Å². The molecular formula is C32H37N9O2. The summed E-state index contributed by atoms with van der Waals surface area (Å²) in [6.45, 7) is 4.56. The SMILES string of the molecule is COc1cc(-c2nn(C3CCC(N4CCN(C)CC4)CC3)c3ncnc(N)c23)ccc1NC(=O)c1cc2ccccc2[nH]1. The van der Waals surface area contributed by atoms with E-state index in [4.69, 9.17) is 15.6 Å². The summed E-state index contributed by atoms with van der Waals surface area (Å²) < 4.78 is 7.77. The van der Waals surface area contributed by atoms with Crippen molar-refractivity contribution >= 4 is 39.3 Å². The normalized spacial score (nSPS) is 20.0. The molecule has 2 aromatic carbocycles. The molecule has 2 fully saturated rings. The zero-order valence-electron chi connectivity index (χ0n) is 24.6. The number of piperazine rings is 1. The number of carbonyl (C=O) groups excluding carboxylic acids is 1. The molecule has 11 nitrogen and oxygen atoms in total. The van der Waals surface area contributed by atoms with Crippen LogP contribution in [-0.4, -0.2) is 86.8 Å². The number of benzene rings is 2. The molecule has 0 unspecified atom stereocenters. The maximum atomic E-state index is 13.1. The predicted molar refractivity (Wildman–Crippen MR) is 168 cm³/mol. The molecule has 11 heteroatoms. The van der Waals surface area contributed by atoms with E-state index in [1.54, 1.807) is 7.11 Å². The maximum absolute atomic E-state index is 13.1. The fraction of sp³-hybridized carbons (Fsp3) is 0.375. The Bertz CT molecular complexity index is 1750. The first kappa shape index (κ1) is 27.4. The van der Waals surface area contributed by atoms with Gasteiger partial charge in [0.25, 0.3) is 5.91 Å². The number of amides is 1. The molecule has 5 aromatic rings. The van der Waals surface area contributed by atoms with E-state index in [2.05, 4.69) is 41.8 Å². The number of aromatic nitrogens is 5. The number of para-hydroxylation sites is 1. The second-order valence-electron chi connectivity index (χ2n) is 11.7. The number of aromatic amines is 1. The quantitative estimate of drug-likeness (QED) is 0.267. The van der Waals surface area contributed by atoms with E-state index in [-0.39, 0.29) is 11.9 Å². The van der Waals surface area contributed by atoms with Crippen LogP contribution in [0.15, 0.2) is 54.9 Å². The third kappa shape index (κ3) is 5.19. The van der Waals surface area contributed by atoms with Crippen molar-refractivity contribution in [3.63, 3.8) is 0 Å². The second-order valence-corrected chi connectivity index (χ2v) is 11.7. The number of carbonyl (C=O) groups is 1. The van der Waals surface area contributed by atoms with E-state index < -0.39 is 0 Å². The standard InChI is InChI=1S/C32H37N9O2/c1-39-13-15-40(16-14-39)22-8-10-23(11-9-22)41-31-28(30(33)34-19-35-31)29(38-41)21-7-12-25(27(18-21)43-2)37-32(42)26-17-20-5-3-4-6-24(20)36-26/h3-7,12,17-19,22-23,36H,8-11,13-16H2,1-2H3,(H,37,42)(H2,33,34,35). The fourth-order valence-corrected chi connectivity index (χ4v) is 6.63. The molecule has 3 aromatic heterocycles. The van der Waals surface area contributed by atoms with Crippen LogP contribution in [0.5, 0.6) is 5.75 Å².